The summed E-state index contributed by atoms with van der Waals surface area (Å²) in [5.41, 5.74) is 7.78. The SMILES string of the molecule is COc1ccc(C#N)cc1-c1cc(CN)ccc1F. The van der Waals surface area contributed by atoms with Gasteiger partial charge in [0.1, 0.15) is 11.6 Å². The molecule has 0 amide bonds. The molecule has 0 aromatic heterocycles. The van der Waals surface area contributed by atoms with Gasteiger partial charge in [0.2, 0.25) is 0 Å². The first-order chi connectivity index (χ1) is 9.19. The van der Waals surface area contributed by atoms with Crippen LogP contribution in [-0.4, -0.2) is 7.11 Å². The van der Waals surface area contributed by atoms with E-state index in [1.807, 2.05) is 6.07 Å². The topological polar surface area (TPSA) is 59.0 Å². The molecule has 0 spiro atoms. The van der Waals surface area contributed by atoms with Gasteiger partial charge in [-0.2, -0.15) is 5.26 Å². The molecule has 0 heterocycles. The highest BCUT2D eigenvalue weighted by Gasteiger charge is 2.12. The van der Waals surface area contributed by atoms with Crippen molar-refractivity contribution in [3.05, 3.63) is 53.3 Å². The van der Waals surface area contributed by atoms with E-state index < -0.39 is 0 Å². The van der Waals surface area contributed by atoms with E-state index in [0.29, 0.717) is 29.0 Å². The number of rotatable bonds is 3. The summed E-state index contributed by atoms with van der Waals surface area (Å²) < 4.78 is 19.2. The average molecular weight is 256 g/mol. The van der Waals surface area contributed by atoms with Gasteiger partial charge < -0.3 is 10.5 Å². The smallest absolute Gasteiger partial charge is 0.131 e. The van der Waals surface area contributed by atoms with Gasteiger partial charge in [-0.1, -0.05) is 6.07 Å². The lowest BCUT2D eigenvalue weighted by molar-refractivity contribution is 0.416. The van der Waals surface area contributed by atoms with Gasteiger partial charge in [0.15, 0.2) is 0 Å². The molecule has 0 aliphatic heterocycles. The molecule has 2 N–H and O–H groups in total. The van der Waals surface area contributed by atoms with E-state index in [1.165, 1.54) is 13.2 Å². The van der Waals surface area contributed by atoms with Crippen molar-refractivity contribution in [3.63, 3.8) is 0 Å². The highest BCUT2D eigenvalue weighted by molar-refractivity contribution is 5.73. The Balaban J connectivity index is 2.66. The Bertz CT molecular complexity index is 647. The van der Waals surface area contributed by atoms with Crippen LogP contribution in [0.4, 0.5) is 4.39 Å². The minimum Gasteiger partial charge on any atom is -0.496 e. The van der Waals surface area contributed by atoms with Crippen molar-refractivity contribution in [1.82, 2.24) is 0 Å². The largest absolute Gasteiger partial charge is 0.496 e. The maximum Gasteiger partial charge on any atom is 0.131 e. The van der Waals surface area contributed by atoms with Crippen LogP contribution in [0.25, 0.3) is 11.1 Å². The molecule has 2 rings (SSSR count). The second kappa shape index (κ2) is 5.51. The number of nitriles is 1. The molecule has 0 aliphatic rings. The van der Waals surface area contributed by atoms with Gasteiger partial charge in [0.25, 0.3) is 0 Å². The fraction of sp³-hybridized carbons (Fsp3) is 0.133. The molecule has 0 saturated heterocycles. The highest BCUT2D eigenvalue weighted by Crippen LogP contribution is 2.33. The van der Waals surface area contributed by atoms with Crippen molar-refractivity contribution in [2.75, 3.05) is 7.11 Å². The minimum atomic E-state index is -0.370. The van der Waals surface area contributed by atoms with E-state index in [9.17, 15) is 4.39 Å². The maximum absolute atomic E-state index is 14.0. The molecular formula is C15H13FN2O. The van der Waals surface area contributed by atoms with Crippen LogP contribution >= 0.6 is 0 Å². The number of halogens is 1. The van der Waals surface area contributed by atoms with Crippen molar-refractivity contribution in [2.24, 2.45) is 5.73 Å². The standard InChI is InChI=1S/C15H13FN2O/c1-19-15-5-3-11(9-18)7-13(15)12-6-10(8-17)2-4-14(12)16/h2-7H,8,17H2,1H3. The Labute approximate surface area is 111 Å². The van der Waals surface area contributed by atoms with Gasteiger partial charge in [-0.05, 0) is 35.9 Å². The Morgan fingerprint density at radius 1 is 1.21 bits per heavy atom. The third-order valence-electron chi connectivity index (χ3n) is 2.89. The summed E-state index contributed by atoms with van der Waals surface area (Å²) in [6.07, 6.45) is 0. The maximum atomic E-state index is 14.0. The number of hydrogen-bond donors (Lipinski definition) is 1. The first-order valence-corrected chi connectivity index (χ1v) is 5.76. The van der Waals surface area contributed by atoms with E-state index >= 15 is 0 Å². The van der Waals surface area contributed by atoms with Gasteiger partial charge in [-0.3, -0.25) is 0 Å². The predicted octanol–water partition coefficient (Wildman–Crippen LogP) is 2.83. The van der Waals surface area contributed by atoms with Crippen LogP contribution in [0.15, 0.2) is 36.4 Å². The second-order valence-corrected chi connectivity index (χ2v) is 4.05. The Kier molecular flexibility index (Phi) is 3.79. The monoisotopic (exact) mass is 256 g/mol. The van der Waals surface area contributed by atoms with Gasteiger partial charge in [0, 0.05) is 17.7 Å². The van der Waals surface area contributed by atoms with E-state index in [4.69, 9.17) is 15.7 Å². The molecule has 0 bridgehead atoms. The molecule has 3 nitrogen and oxygen atoms in total. The number of ether oxygens (including phenoxy) is 1. The summed E-state index contributed by atoms with van der Waals surface area (Å²) in [6.45, 7) is 0.327. The van der Waals surface area contributed by atoms with Crippen LogP contribution in [-0.2, 0) is 6.54 Å². The molecule has 0 unspecified atom stereocenters. The molecule has 96 valence electrons. The van der Waals surface area contributed by atoms with Crippen molar-refractivity contribution in [3.8, 4) is 22.9 Å². The molecular weight excluding hydrogens is 243 g/mol. The number of hydrogen-bond acceptors (Lipinski definition) is 3. The Morgan fingerprint density at radius 3 is 2.63 bits per heavy atom. The molecule has 0 radical (unpaired) electrons. The fourth-order valence-electron chi connectivity index (χ4n) is 1.89. The van der Waals surface area contributed by atoms with Crippen molar-refractivity contribution >= 4 is 0 Å². The van der Waals surface area contributed by atoms with E-state index in [-0.39, 0.29) is 5.82 Å². The summed E-state index contributed by atoms with van der Waals surface area (Å²) in [5.74, 6) is 0.151. The Hall–Kier alpha value is -2.38. The molecule has 0 aliphatic carbocycles. The third kappa shape index (κ3) is 2.56. The van der Waals surface area contributed by atoms with Crippen LogP contribution in [0.2, 0.25) is 0 Å². The quantitative estimate of drug-likeness (QED) is 0.918. The number of benzene rings is 2. The lowest BCUT2D eigenvalue weighted by atomic mass is 9.99. The summed E-state index contributed by atoms with van der Waals surface area (Å²) in [5, 5.41) is 8.94. The fourth-order valence-corrected chi connectivity index (χ4v) is 1.89. The molecule has 2 aromatic carbocycles. The first kappa shape index (κ1) is 13.1. The van der Waals surface area contributed by atoms with Crippen LogP contribution in [0.1, 0.15) is 11.1 Å². The number of nitrogens with two attached hydrogens (primary N) is 1. The van der Waals surface area contributed by atoms with Gasteiger partial charge >= 0.3 is 0 Å². The zero-order chi connectivity index (χ0) is 13.8. The van der Waals surface area contributed by atoms with Crippen molar-refractivity contribution in [2.45, 2.75) is 6.54 Å². The van der Waals surface area contributed by atoms with Crippen LogP contribution < -0.4 is 10.5 Å². The molecule has 2 aromatic rings. The average Bonchev–Trinajstić information content (AvgIpc) is 2.47. The summed E-state index contributed by atoms with van der Waals surface area (Å²) in [6, 6.07) is 11.6. The van der Waals surface area contributed by atoms with E-state index in [0.717, 1.165) is 5.56 Å². The molecule has 4 heteroatoms. The number of methoxy groups -OCH3 is 1. The van der Waals surface area contributed by atoms with Gasteiger partial charge in [0.05, 0.1) is 18.7 Å². The summed E-state index contributed by atoms with van der Waals surface area (Å²) >= 11 is 0. The van der Waals surface area contributed by atoms with Crippen LogP contribution in [0, 0.1) is 17.1 Å². The minimum absolute atomic E-state index is 0.327. The van der Waals surface area contributed by atoms with Gasteiger partial charge in [-0.15, -0.1) is 0 Å². The van der Waals surface area contributed by atoms with Crippen LogP contribution in [0.5, 0.6) is 5.75 Å². The van der Waals surface area contributed by atoms with E-state index in [1.54, 1.807) is 30.3 Å². The van der Waals surface area contributed by atoms with Crippen molar-refractivity contribution in [1.29, 1.82) is 5.26 Å². The zero-order valence-corrected chi connectivity index (χ0v) is 10.5. The van der Waals surface area contributed by atoms with Crippen LogP contribution in [0.3, 0.4) is 0 Å². The summed E-state index contributed by atoms with van der Waals surface area (Å²) in [7, 11) is 1.51. The second-order valence-electron chi connectivity index (χ2n) is 4.05. The lowest BCUT2D eigenvalue weighted by Crippen LogP contribution is -1.98. The Morgan fingerprint density at radius 2 is 2.00 bits per heavy atom. The number of nitrogens with zero attached hydrogens (tertiary/aromatic N) is 1. The zero-order valence-electron chi connectivity index (χ0n) is 10.5. The predicted molar refractivity (Wildman–Crippen MR) is 71.0 cm³/mol. The molecule has 19 heavy (non-hydrogen) atoms. The van der Waals surface area contributed by atoms with Gasteiger partial charge in [-0.25, -0.2) is 4.39 Å². The normalized spacial score (nSPS) is 10.0. The molecule has 0 atom stereocenters. The summed E-state index contributed by atoms with van der Waals surface area (Å²) in [4.78, 5) is 0. The molecule has 0 fully saturated rings. The first-order valence-electron chi connectivity index (χ1n) is 5.76. The highest BCUT2D eigenvalue weighted by atomic mass is 19.1. The van der Waals surface area contributed by atoms with E-state index in [2.05, 4.69) is 0 Å². The lowest BCUT2D eigenvalue weighted by Gasteiger charge is -2.11. The van der Waals surface area contributed by atoms with Crippen molar-refractivity contribution < 1.29 is 9.13 Å². The third-order valence-corrected chi connectivity index (χ3v) is 2.89. The molecule has 0 saturated carbocycles.